The Morgan fingerprint density at radius 1 is 1.19 bits per heavy atom. The summed E-state index contributed by atoms with van der Waals surface area (Å²) in [5.74, 6) is 0.817. The molecule has 4 rings (SSSR count). The maximum absolute atomic E-state index is 12.4. The SMILES string of the molecule is O=C(CN1C[C@@H]2C[C@](O)(Cc3ccccc3Cl)C[C@@H]2C1)c1ccc(O)cn1. The monoisotopic (exact) mass is 386 g/mol. The number of pyridine rings is 1. The lowest BCUT2D eigenvalue weighted by atomic mass is 9.91. The highest BCUT2D eigenvalue weighted by molar-refractivity contribution is 6.31. The lowest BCUT2D eigenvalue weighted by Crippen LogP contribution is -2.34. The van der Waals surface area contributed by atoms with E-state index in [-0.39, 0.29) is 11.5 Å². The molecule has 1 aliphatic carbocycles. The second kappa shape index (κ2) is 7.23. The second-order valence-electron chi connectivity index (χ2n) is 7.94. The molecule has 1 aromatic heterocycles. The molecule has 1 saturated carbocycles. The highest BCUT2D eigenvalue weighted by Crippen LogP contribution is 2.45. The van der Waals surface area contributed by atoms with Crippen LogP contribution in [-0.4, -0.2) is 51.1 Å². The summed E-state index contributed by atoms with van der Waals surface area (Å²) in [6, 6.07) is 10.7. The number of ketones is 1. The van der Waals surface area contributed by atoms with Crippen LogP contribution in [-0.2, 0) is 6.42 Å². The number of rotatable bonds is 5. The summed E-state index contributed by atoms with van der Waals surface area (Å²) >= 11 is 6.26. The molecule has 2 N–H and O–H groups in total. The van der Waals surface area contributed by atoms with Crippen molar-refractivity contribution in [3.63, 3.8) is 0 Å². The molecule has 0 amide bonds. The number of aromatic nitrogens is 1. The first-order valence-electron chi connectivity index (χ1n) is 9.28. The minimum atomic E-state index is -0.713. The van der Waals surface area contributed by atoms with Crippen molar-refractivity contribution in [3.05, 3.63) is 58.9 Å². The van der Waals surface area contributed by atoms with Gasteiger partial charge in [0.05, 0.1) is 18.3 Å². The summed E-state index contributed by atoms with van der Waals surface area (Å²) in [4.78, 5) is 18.5. The van der Waals surface area contributed by atoms with Gasteiger partial charge in [0.25, 0.3) is 0 Å². The van der Waals surface area contributed by atoms with E-state index in [1.165, 1.54) is 12.3 Å². The van der Waals surface area contributed by atoms with E-state index in [0.717, 1.165) is 31.5 Å². The lowest BCUT2D eigenvalue weighted by molar-refractivity contribution is 0.0355. The van der Waals surface area contributed by atoms with E-state index in [4.69, 9.17) is 11.6 Å². The van der Waals surface area contributed by atoms with Crippen LogP contribution >= 0.6 is 11.6 Å². The number of fused-ring (bicyclic) bond motifs is 1. The Balaban J connectivity index is 1.34. The number of nitrogens with zero attached hydrogens (tertiary/aromatic N) is 2. The quantitative estimate of drug-likeness (QED) is 0.773. The van der Waals surface area contributed by atoms with Gasteiger partial charge in [-0.3, -0.25) is 9.69 Å². The first kappa shape index (κ1) is 18.4. The van der Waals surface area contributed by atoms with Crippen molar-refractivity contribution < 1.29 is 15.0 Å². The first-order chi connectivity index (χ1) is 12.9. The minimum Gasteiger partial charge on any atom is -0.506 e. The molecule has 0 radical (unpaired) electrons. The summed E-state index contributed by atoms with van der Waals surface area (Å²) in [7, 11) is 0. The summed E-state index contributed by atoms with van der Waals surface area (Å²) in [5, 5.41) is 21.1. The summed E-state index contributed by atoms with van der Waals surface area (Å²) in [6.07, 6.45) is 3.35. The van der Waals surface area contributed by atoms with Gasteiger partial charge in [0.15, 0.2) is 5.78 Å². The van der Waals surface area contributed by atoms with Crippen molar-refractivity contribution in [2.24, 2.45) is 11.8 Å². The van der Waals surface area contributed by atoms with Crippen molar-refractivity contribution >= 4 is 17.4 Å². The molecule has 3 atom stereocenters. The fraction of sp³-hybridized carbons (Fsp3) is 0.429. The van der Waals surface area contributed by atoms with E-state index in [1.807, 2.05) is 24.3 Å². The van der Waals surface area contributed by atoms with Crippen LogP contribution in [0.3, 0.4) is 0 Å². The van der Waals surface area contributed by atoms with Gasteiger partial charge in [0.2, 0.25) is 0 Å². The van der Waals surface area contributed by atoms with Crippen LogP contribution < -0.4 is 0 Å². The van der Waals surface area contributed by atoms with E-state index in [0.29, 0.717) is 35.5 Å². The molecule has 0 spiro atoms. The Morgan fingerprint density at radius 2 is 1.89 bits per heavy atom. The molecule has 1 aromatic carbocycles. The number of hydrogen-bond acceptors (Lipinski definition) is 5. The number of Topliss-reactive ketones (excluding diaryl/α,β-unsaturated/α-hetero) is 1. The molecule has 142 valence electrons. The van der Waals surface area contributed by atoms with E-state index in [9.17, 15) is 15.0 Å². The maximum Gasteiger partial charge on any atom is 0.195 e. The second-order valence-corrected chi connectivity index (χ2v) is 8.35. The Hall–Kier alpha value is -1.95. The Labute approximate surface area is 163 Å². The number of likely N-dealkylation sites (tertiary alicyclic amines) is 1. The van der Waals surface area contributed by atoms with Crippen molar-refractivity contribution in [1.82, 2.24) is 9.88 Å². The van der Waals surface area contributed by atoms with Crippen molar-refractivity contribution in [1.29, 1.82) is 0 Å². The van der Waals surface area contributed by atoms with Gasteiger partial charge < -0.3 is 10.2 Å². The highest BCUT2D eigenvalue weighted by Gasteiger charge is 2.48. The van der Waals surface area contributed by atoms with Gasteiger partial charge in [0.1, 0.15) is 11.4 Å². The zero-order chi connectivity index (χ0) is 19.0. The van der Waals surface area contributed by atoms with Gasteiger partial charge in [-0.2, -0.15) is 0 Å². The van der Waals surface area contributed by atoms with E-state index in [2.05, 4.69) is 9.88 Å². The first-order valence-corrected chi connectivity index (χ1v) is 9.66. The standard InChI is InChI=1S/C21H23ClN2O3/c22-18-4-2-1-3-14(18)7-21(27)8-15-11-24(12-16(15)9-21)13-20(26)19-6-5-17(25)10-23-19/h1-6,10,15-16,25,27H,7-9,11-13H2/t15-,16+,21+. The molecule has 0 bridgehead atoms. The van der Waals surface area contributed by atoms with E-state index in [1.54, 1.807) is 6.07 Å². The molecule has 27 heavy (non-hydrogen) atoms. The molecule has 0 unspecified atom stereocenters. The third-order valence-corrected chi connectivity index (χ3v) is 6.18. The summed E-state index contributed by atoms with van der Waals surface area (Å²) in [5.41, 5.74) is 0.654. The summed E-state index contributed by atoms with van der Waals surface area (Å²) < 4.78 is 0. The van der Waals surface area contributed by atoms with Gasteiger partial charge in [-0.25, -0.2) is 4.98 Å². The highest BCUT2D eigenvalue weighted by atomic mass is 35.5. The number of carbonyl (C=O) groups is 1. The zero-order valence-electron chi connectivity index (χ0n) is 15.0. The van der Waals surface area contributed by atoms with Gasteiger partial charge in [-0.05, 0) is 48.4 Å². The van der Waals surface area contributed by atoms with Crippen LogP contribution in [0.1, 0.15) is 28.9 Å². The lowest BCUT2D eigenvalue weighted by Gasteiger charge is -2.26. The molecule has 6 heteroatoms. The third kappa shape index (κ3) is 4.00. The molecular formula is C21H23ClN2O3. The van der Waals surface area contributed by atoms with Crippen LogP contribution in [0, 0.1) is 11.8 Å². The average molecular weight is 387 g/mol. The van der Waals surface area contributed by atoms with Crippen LogP contribution in [0.15, 0.2) is 42.6 Å². The van der Waals surface area contributed by atoms with Gasteiger partial charge >= 0.3 is 0 Å². The van der Waals surface area contributed by atoms with E-state index >= 15 is 0 Å². The minimum absolute atomic E-state index is 0.0405. The van der Waals surface area contributed by atoms with Crippen LogP contribution in [0.2, 0.25) is 5.02 Å². The molecule has 2 aromatic rings. The van der Waals surface area contributed by atoms with Crippen LogP contribution in [0.4, 0.5) is 0 Å². The number of aromatic hydroxyl groups is 1. The van der Waals surface area contributed by atoms with Crippen LogP contribution in [0.5, 0.6) is 5.75 Å². The molecule has 1 saturated heterocycles. The normalized spacial score (nSPS) is 27.6. The molecule has 2 aliphatic rings. The number of carbonyl (C=O) groups excluding carboxylic acids is 1. The van der Waals surface area contributed by atoms with Gasteiger partial charge in [-0.1, -0.05) is 29.8 Å². The third-order valence-electron chi connectivity index (χ3n) is 5.81. The van der Waals surface area contributed by atoms with Crippen molar-refractivity contribution in [2.45, 2.75) is 24.9 Å². The predicted octanol–water partition coefficient (Wildman–Crippen LogP) is 2.94. The fourth-order valence-corrected chi connectivity index (χ4v) is 4.87. The molecule has 2 fully saturated rings. The largest absolute Gasteiger partial charge is 0.506 e. The number of hydrogen-bond donors (Lipinski definition) is 2. The number of aliphatic hydroxyl groups is 1. The topological polar surface area (TPSA) is 73.7 Å². The molecular weight excluding hydrogens is 364 g/mol. The smallest absolute Gasteiger partial charge is 0.195 e. The molecule has 2 heterocycles. The average Bonchev–Trinajstić information content (AvgIpc) is 3.11. The molecule has 1 aliphatic heterocycles. The fourth-order valence-electron chi connectivity index (χ4n) is 4.66. The Morgan fingerprint density at radius 3 is 2.52 bits per heavy atom. The Kier molecular flexibility index (Phi) is 4.93. The zero-order valence-corrected chi connectivity index (χ0v) is 15.8. The molecule has 5 nitrogen and oxygen atoms in total. The van der Waals surface area contributed by atoms with E-state index < -0.39 is 5.60 Å². The van der Waals surface area contributed by atoms with Gasteiger partial charge in [-0.15, -0.1) is 0 Å². The predicted molar refractivity (Wildman–Crippen MR) is 103 cm³/mol. The number of halogens is 1. The van der Waals surface area contributed by atoms with Gasteiger partial charge in [0, 0.05) is 24.5 Å². The number of benzene rings is 1. The maximum atomic E-state index is 12.4. The summed E-state index contributed by atoms with van der Waals surface area (Å²) in [6.45, 7) is 1.96. The van der Waals surface area contributed by atoms with Crippen molar-refractivity contribution in [3.8, 4) is 5.75 Å². The Bertz CT molecular complexity index is 826. The van der Waals surface area contributed by atoms with Crippen LogP contribution in [0.25, 0.3) is 0 Å². The van der Waals surface area contributed by atoms with Crippen molar-refractivity contribution in [2.75, 3.05) is 19.6 Å².